The average Bonchev–Trinajstić information content (AvgIpc) is 2.34. The molecule has 19 heavy (non-hydrogen) atoms. The van der Waals surface area contributed by atoms with Gasteiger partial charge in [0.15, 0.2) is 0 Å². The number of hydrogen-bond donors (Lipinski definition) is 2. The molecule has 1 aromatic carbocycles. The molecule has 0 spiro atoms. The van der Waals surface area contributed by atoms with Gasteiger partial charge in [-0.25, -0.2) is 14.4 Å². The van der Waals surface area contributed by atoms with Crippen molar-refractivity contribution in [3.05, 3.63) is 40.9 Å². The molecule has 3 N–H and O–H groups in total. The van der Waals surface area contributed by atoms with Crippen LogP contribution in [0.1, 0.15) is 19.2 Å². The maximum Gasteiger partial charge on any atom is 0.148 e. The van der Waals surface area contributed by atoms with E-state index in [1.54, 1.807) is 18.2 Å². The SMILES string of the molecule is CCCc1nc(N)cc(Nc2c(F)cccc2Cl)n1. The summed E-state index contributed by atoms with van der Waals surface area (Å²) in [4.78, 5) is 8.38. The predicted molar refractivity (Wildman–Crippen MR) is 75.1 cm³/mol. The fourth-order valence-electron chi connectivity index (χ4n) is 1.66. The Kier molecular flexibility index (Phi) is 4.16. The summed E-state index contributed by atoms with van der Waals surface area (Å²) in [6, 6.07) is 6.01. The molecule has 0 aliphatic rings. The molecule has 0 amide bonds. The highest BCUT2D eigenvalue weighted by atomic mass is 35.5. The maximum atomic E-state index is 13.7. The Bertz CT molecular complexity index is 569. The van der Waals surface area contributed by atoms with Gasteiger partial charge in [0.25, 0.3) is 0 Å². The fraction of sp³-hybridized carbons (Fsp3) is 0.231. The Hall–Kier alpha value is -1.88. The van der Waals surface area contributed by atoms with E-state index in [0.717, 1.165) is 6.42 Å². The first kappa shape index (κ1) is 13.5. The van der Waals surface area contributed by atoms with Gasteiger partial charge in [-0.1, -0.05) is 24.6 Å². The summed E-state index contributed by atoms with van der Waals surface area (Å²) in [5.41, 5.74) is 5.89. The molecule has 1 aromatic heterocycles. The summed E-state index contributed by atoms with van der Waals surface area (Å²) in [6.45, 7) is 2.02. The van der Waals surface area contributed by atoms with Crippen LogP contribution in [0.25, 0.3) is 0 Å². The summed E-state index contributed by atoms with van der Waals surface area (Å²) in [5.74, 6) is 0.954. The summed E-state index contributed by atoms with van der Waals surface area (Å²) in [6.07, 6.45) is 1.62. The molecule has 1 heterocycles. The first-order valence-corrected chi connectivity index (χ1v) is 6.32. The second-order valence-electron chi connectivity index (χ2n) is 4.07. The van der Waals surface area contributed by atoms with Gasteiger partial charge in [-0.2, -0.15) is 0 Å². The zero-order valence-electron chi connectivity index (χ0n) is 10.5. The first-order chi connectivity index (χ1) is 9.10. The van der Waals surface area contributed by atoms with Crippen molar-refractivity contribution in [1.82, 2.24) is 9.97 Å². The molecule has 0 fully saturated rings. The number of anilines is 3. The van der Waals surface area contributed by atoms with Crippen molar-refractivity contribution in [1.29, 1.82) is 0 Å². The number of benzene rings is 1. The van der Waals surface area contributed by atoms with Crippen LogP contribution in [0.15, 0.2) is 24.3 Å². The van der Waals surface area contributed by atoms with Crippen LogP contribution in [-0.2, 0) is 6.42 Å². The fourth-order valence-corrected chi connectivity index (χ4v) is 1.87. The minimum Gasteiger partial charge on any atom is -0.384 e. The van der Waals surface area contributed by atoms with Gasteiger partial charge < -0.3 is 11.1 Å². The number of nitrogens with one attached hydrogen (secondary N) is 1. The topological polar surface area (TPSA) is 63.8 Å². The molecule has 6 heteroatoms. The number of halogens is 2. The lowest BCUT2D eigenvalue weighted by molar-refractivity contribution is 0.632. The standard InChI is InChI=1S/C13H14ClFN4/c1-2-4-11-17-10(16)7-12(18-11)19-13-8(14)5-3-6-9(13)15/h3,5-7H,2,4H2,1H3,(H3,16,17,18,19). The van der Waals surface area contributed by atoms with Crippen LogP contribution in [0, 0.1) is 5.82 Å². The monoisotopic (exact) mass is 280 g/mol. The summed E-state index contributed by atoms with van der Waals surface area (Å²) < 4.78 is 13.7. The van der Waals surface area contributed by atoms with Gasteiger partial charge in [-0.3, -0.25) is 0 Å². The molecule has 100 valence electrons. The predicted octanol–water partition coefficient (Wildman–Crippen LogP) is 3.55. The molecule has 0 atom stereocenters. The number of hydrogen-bond acceptors (Lipinski definition) is 4. The third kappa shape index (κ3) is 3.32. The highest BCUT2D eigenvalue weighted by Crippen LogP contribution is 2.27. The van der Waals surface area contributed by atoms with Crippen molar-refractivity contribution in [2.24, 2.45) is 0 Å². The Balaban J connectivity index is 2.33. The van der Waals surface area contributed by atoms with Crippen molar-refractivity contribution in [3.63, 3.8) is 0 Å². The Labute approximate surface area is 115 Å². The molecule has 2 aromatic rings. The number of rotatable bonds is 4. The molecular weight excluding hydrogens is 267 g/mol. The second kappa shape index (κ2) is 5.84. The maximum absolute atomic E-state index is 13.7. The molecule has 0 unspecified atom stereocenters. The van der Waals surface area contributed by atoms with Crippen molar-refractivity contribution in [3.8, 4) is 0 Å². The summed E-state index contributed by atoms with van der Waals surface area (Å²) in [5, 5.41) is 3.13. The van der Waals surface area contributed by atoms with E-state index in [2.05, 4.69) is 15.3 Å². The van der Waals surface area contributed by atoms with E-state index in [0.29, 0.717) is 23.9 Å². The molecule has 2 rings (SSSR count). The average molecular weight is 281 g/mol. The van der Waals surface area contributed by atoms with Crippen molar-refractivity contribution < 1.29 is 4.39 Å². The van der Waals surface area contributed by atoms with E-state index in [1.165, 1.54) is 6.07 Å². The largest absolute Gasteiger partial charge is 0.384 e. The highest BCUT2D eigenvalue weighted by molar-refractivity contribution is 6.33. The lowest BCUT2D eigenvalue weighted by Crippen LogP contribution is -2.04. The quantitative estimate of drug-likeness (QED) is 0.899. The Morgan fingerprint density at radius 2 is 2.16 bits per heavy atom. The van der Waals surface area contributed by atoms with Gasteiger partial charge in [0.1, 0.15) is 23.3 Å². The van der Waals surface area contributed by atoms with Crippen molar-refractivity contribution >= 4 is 28.9 Å². The van der Waals surface area contributed by atoms with Gasteiger partial charge in [0, 0.05) is 12.5 Å². The van der Waals surface area contributed by atoms with E-state index in [-0.39, 0.29) is 10.7 Å². The molecule has 0 saturated heterocycles. The molecule has 0 bridgehead atoms. The molecule has 0 saturated carbocycles. The van der Waals surface area contributed by atoms with E-state index in [1.807, 2.05) is 6.92 Å². The normalized spacial score (nSPS) is 10.5. The zero-order chi connectivity index (χ0) is 13.8. The van der Waals surface area contributed by atoms with E-state index < -0.39 is 5.82 Å². The number of nitrogen functional groups attached to an aromatic ring is 1. The van der Waals surface area contributed by atoms with Gasteiger partial charge in [-0.05, 0) is 18.6 Å². The summed E-state index contributed by atoms with van der Waals surface area (Å²) in [7, 11) is 0. The van der Waals surface area contributed by atoms with Crippen LogP contribution in [0.2, 0.25) is 5.02 Å². The Morgan fingerprint density at radius 3 is 2.84 bits per heavy atom. The van der Waals surface area contributed by atoms with Crippen LogP contribution in [0.5, 0.6) is 0 Å². The van der Waals surface area contributed by atoms with E-state index >= 15 is 0 Å². The number of aryl methyl sites for hydroxylation is 1. The first-order valence-electron chi connectivity index (χ1n) is 5.94. The van der Waals surface area contributed by atoms with Crippen LogP contribution >= 0.6 is 11.6 Å². The van der Waals surface area contributed by atoms with Crippen molar-refractivity contribution in [2.75, 3.05) is 11.1 Å². The van der Waals surface area contributed by atoms with Crippen LogP contribution in [0.3, 0.4) is 0 Å². The molecule has 0 aliphatic heterocycles. The minimum atomic E-state index is -0.443. The van der Waals surface area contributed by atoms with Gasteiger partial charge in [0.05, 0.1) is 10.7 Å². The highest BCUT2D eigenvalue weighted by Gasteiger charge is 2.09. The number of nitrogens with two attached hydrogens (primary N) is 1. The molecule has 0 aliphatic carbocycles. The lowest BCUT2D eigenvalue weighted by Gasteiger charge is -2.10. The van der Waals surface area contributed by atoms with Crippen LogP contribution < -0.4 is 11.1 Å². The third-order valence-corrected chi connectivity index (χ3v) is 2.80. The van der Waals surface area contributed by atoms with Gasteiger partial charge in [0.2, 0.25) is 0 Å². The summed E-state index contributed by atoms with van der Waals surface area (Å²) >= 11 is 5.94. The molecule has 0 radical (unpaired) electrons. The van der Waals surface area contributed by atoms with Crippen LogP contribution in [-0.4, -0.2) is 9.97 Å². The van der Waals surface area contributed by atoms with E-state index in [4.69, 9.17) is 17.3 Å². The molecule has 4 nitrogen and oxygen atoms in total. The van der Waals surface area contributed by atoms with Crippen molar-refractivity contribution in [2.45, 2.75) is 19.8 Å². The lowest BCUT2D eigenvalue weighted by atomic mass is 10.3. The van der Waals surface area contributed by atoms with Gasteiger partial charge >= 0.3 is 0 Å². The van der Waals surface area contributed by atoms with Crippen LogP contribution in [0.4, 0.5) is 21.7 Å². The number of para-hydroxylation sites is 1. The van der Waals surface area contributed by atoms with Gasteiger partial charge in [-0.15, -0.1) is 0 Å². The van der Waals surface area contributed by atoms with E-state index in [9.17, 15) is 4.39 Å². The number of nitrogens with zero attached hydrogens (tertiary/aromatic N) is 2. The number of aromatic nitrogens is 2. The second-order valence-corrected chi connectivity index (χ2v) is 4.47. The molecular formula is C13H14ClFN4. The smallest absolute Gasteiger partial charge is 0.148 e. The third-order valence-electron chi connectivity index (χ3n) is 2.48. The minimum absolute atomic E-state index is 0.185. The Morgan fingerprint density at radius 1 is 1.37 bits per heavy atom. The zero-order valence-corrected chi connectivity index (χ0v) is 11.2.